The van der Waals surface area contributed by atoms with Gasteiger partial charge < -0.3 is 20.6 Å². The first-order valence-electron chi connectivity index (χ1n) is 26.0. The lowest BCUT2D eigenvalue weighted by molar-refractivity contribution is -0.275. The topological polar surface area (TPSA) is 166 Å². The van der Waals surface area contributed by atoms with Gasteiger partial charge in [-0.15, -0.1) is 0 Å². The van der Waals surface area contributed by atoms with E-state index in [1.165, 1.54) is 30.4 Å². The van der Waals surface area contributed by atoms with Crippen molar-refractivity contribution < 1.29 is 61.7 Å². The third-order valence-electron chi connectivity index (χ3n) is 20.8. The maximum atomic E-state index is 17.4. The fourth-order valence-corrected chi connectivity index (χ4v) is 17.6. The van der Waals surface area contributed by atoms with Crippen LogP contribution in [0.4, 0.5) is 17.6 Å². The van der Waals surface area contributed by atoms with Gasteiger partial charge in [0.15, 0.2) is 34.1 Å². The van der Waals surface area contributed by atoms with Crippen molar-refractivity contribution in [2.45, 2.75) is 126 Å². The van der Waals surface area contributed by atoms with Crippen molar-refractivity contribution in [1.82, 2.24) is 15.4 Å². The quantitative estimate of drug-likeness (QED) is 0.205. The molecule has 4 N–H and O–H groups in total. The van der Waals surface area contributed by atoms with Crippen molar-refractivity contribution in [2.24, 2.45) is 57.2 Å². The number of halogens is 6. The highest BCUT2D eigenvalue weighted by molar-refractivity contribution is 6.30. The highest BCUT2D eigenvalue weighted by Crippen LogP contribution is 2.74. The molecule has 8 aliphatic carbocycles. The third-order valence-corrected chi connectivity index (χ3v) is 21.3. The third kappa shape index (κ3) is 7.00. The number of nitrogens with one attached hydrogen (secondary N) is 1. The molecule has 75 heavy (non-hydrogen) atoms. The zero-order valence-electron chi connectivity index (χ0n) is 42.4. The average Bonchev–Trinajstić information content (AvgIpc) is 4.07. The van der Waals surface area contributed by atoms with Gasteiger partial charge in [-0.2, -0.15) is 10.1 Å². The summed E-state index contributed by atoms with van der Waals surface area (Å²) >= 11 is 12.0. The van der Waals surface area contributed by atoms with Crippen molar-refractivity contribution in [1.29, 1.82) is 0 Å². The normalized spacial score (nSPS) is 46.1. The SMILES string of the molecule is CNC(=O)[C@@]12ON(Cc3ccc(Cl)cc3)C[C@@H]1C[C@H]1[C@@H]3C[C@H](F)C4=CC(=O)C=C[C@]4(C)[C@@]3(F)[C@@H](O)C[C@@]12C.C[C@]12C=CC(=O)C=C1[C@@H](F)C[C@H]1[C@@H]3C[C@H]4CN(Cc5ccc(Cl)cc5)O[C@@]4(C(=O)O)[C@@]3(C)C[C@H](O)[C@@]12F. The molecule has 18 atom stereocenters. The smallest absolute Gasteiger partial charge is 0.339 e. The summed E-state index contributed by atoms with van der Waals surface area (Å²) in [5.74, 6) is -5.70. The summed E-state index contributed by atoms with van der Waals surface area (Å²) in [7, 11) is 1.55. The number of nitrogens with zero attached hydrogens (tertiary/aromatic N) is 2. The number of rotatable bonds is 6. The molecule has 2 aromatic carbocycles. The number of hydrogen-bond donors (Lipinski definition) is 4. The Labute approximate surface area is 443 Å². The van der Waals surface area contributed by atoms with Gasteiger partial charge in [-0.25, -0.2) is 22.4 Å². The maximum absolute atomic E-state index is 17.4. The summed E-state index contributed by atoms with van der Waals surface area (Å²) in [5.41, 5.74) is -10.5. The molecule has 0 radical (unpaired) electrons. The number of aliphatic hydroxyl groups excluding tert-OH is 2. The Hall–Kier alpha value is -4.26. The monoisotopic (exact) mass is 1080 g/mol. The van der Waals surface area contributed by atoms with E-state index >= 15 is 17.6 Å². The number of amides is 1. The number of carboxylic acid groups (broad SMARTS) is 1. The molecule has 2 saturated heterocycles. The fraction of sp³-hybridized carbons (Fsp3) is 0.579. The Bertz CT molecular complexity index is 2870. The van der Waals surface area contributed by atoms with E-state index in [9.17, 15) is 34.5 Å². The van der Waals surface area contributed by atoms with E-state index < -0.39 is 110 Å². The molecule has 10 aliphatic rings. The molecule has 18 heteroatoms. The summed E-state index contributed by atoms with van der Waals surface area (Å²) in [4.78, 5) is 63.5. The van der Waals surface area contributed by atoms with Gasteiger partial charge in [-0.1, -0.05) is 73.5 Å². The van der Waals surface area contributed by atoms with Crippen LogP contribution in [0.1, 0.15) is 77.3 Å². The van der Waals surface area contributed by atoms with Gasteiger partial charge in [0.1, 0.15) is 12.3 Å². The second kappa shape index (κ2) is 17.6. The molecular weight excluding hydrogens is 1020 g/mol. The summed E-state index contributed by atoms with van der Waals surface area (Å²) in [6.07, 6.45) is 1.81. The second-order valence-electron chi connectivity index (χ2n) is 24.0. The highest BCUT2D eigenvalue weighted by Gasteiger charge is 2.82. The standard InChI is InChI=1S/C29H33ClF2N2O4.C28H30ClF2NO5/c1-26-9-8-19(35)11-22(26)23(31)12-21-20-10-17-15-34(14-16-4-6-18(30)7-5-16)38-29(17,25(37)33-3)27(20,2)13-24(36)28(21,26)32;1-25-8-7-18(33)10-21(25)22(30)11-20-19-9-16-14-32(13-15-3-5-17(29)6-4-15)37-28(16,24(35)36)26(19,2)12-23(34)27(20,25)31/h4-9,11,17,20-21,23-24,36H,10,12-15H2,1-3H3,(H,33,37);3-8,10,16,19-20,22-23,34H,9,11-14H2,1-2H3,(H,35,36)/t17-,20-,21-,23-,24-,26-,27-,28-,29-;16-,19-,20-,22-,23-,25-,26-,27-,28-/m00/s1. The Kier molecular flexibility index (Phi) is 12.4. The van der Waals surface area contributed by atoms with E-state index in [1.807, 2.05) is 31.2 Å². The molecule has 1 amide bonds. The van der Waals surface area contributed by atoms with E-state index in [1.54, 1.807) is 62.2 Å². The van der Waals surface area contributed by atoms with Gasteiger partial charge in [0.2, 0.25) is 0 Å². The van der Waals surface area contributed by atoms with E-state index in [0.29, 0.717) is 49.1 Å². The average molecular weight is 1080 g/mol. The second-order valence-corrected chi connectivity index (χ2v) is 24.9. The molecule has 0 aromatic heterocycles. The van der Waals surface area contributed by atoms with Crippen LogP contribution in [0.5, 0.6) is 0 Å². The van der Waals surface area contributed by atoms with Crippen molar-refractivity contribution in [3.63, 3.8) is 0 Å². The summed E-state index contributed by atoms with van der Waals surface area (Å²) in [6, 6.07) is 14.6. The number of fused-ring (bicyclic) bond motifs is 14. The number of alkyl halides is 4. The Morgan fingerprint density at radius 1 is 0.653 bits per heavy atom. The predicted octanol–water partition coefficient (Wildman–Crippen LogP) is 8.57. The van der Waals surface area contributed by atoms with Gasteiger partial charge in [-0.3, -0.25) is 24.1 Å². The molecule has 0 unspecified atom stereocenters. The van der Waals surface area contributed by atoms with Crippen molar-refractivity contribution in [2.75, 3.05) is 20.1 Å². The van der Waals surface area contributed by atoms with Gasteiger partial charge in [0.05, 0.1) is 12.2 Å². The largest absolute Gasteiger partial charge is 0.479 e. The van der Waals surface area contributed by atoms with Crippen LogP contribution in [0.15, 0.2) is 96.1 Å². The molecular formula is C57H63Cl2F4N3O9. The van der Waals surface area contributed by atoms with Crippen LogP contribution < -0.4 is 5.32 Å². The highest BCUT2D eigenvalue weighted by atomic mass is 35.5. The Morgan fingerprint density at radius 2 is 1.04 bits per heavy atom. The lowest BCUT2D eigenvalue weighted by Gasteiger charge is -2.63. The van der Waals surface area contributed by atoms with Gasteiger partial charge in [0, 0.05) is 88.6 Å². The molecule has 0 bridgehead atoms. The molecule has 12 nitrogen and oxygen atoms in total. The number of carbonyl (C=O) groups is 4. The molecule has 2 aliphatic heterocycles. The van der Waals surface area contributed by atoms with Gasteiger partial charge >= 0.3 is 5.97 Å². The summed E-state index contributed by atoms with van der Waals surface area (Å²) in [6.45, 7) is 8.31. The number of likely N-dealkylation sites (N-methyl/N-ethyl adjacent to an activating group) is 1. The minimum Gasteiger partial charge on any atom is -0.479 e. The molecule has 2 aromatic rings. The molecule has 6 saturated carbocycles. The number of aliphatic carboxylic acids is 1. The van der Waals surface area contributed by atoms with E-state index in [0.717, 1.165) is 17.2 Å². The number of aliphatic hydroxyl groups is 2. The molecule has 0 spiro atoms. The number of benzene rings is 2. The molecule has 8 fully saturated rings. The first kappa shape index (κ1) is 52.8. The number of carbonyl (C=O) groups excluding carboxylic acids is 3. The fourth-order valence-electron chi connectivity index (χ4n) is 17.4. The minimum absolute atomic E-state index is 0.0228. The van der Waals surface area contributed by atoms with Crippen molar-refractivity contribution in [3.8, 4) is 0 Å². The number of hydroxylamine groups is 4. The first-order chi connectivity index (χ1) is 35.3. The number of ketones is 2. The molecule has 2 heterocycles. The summed E-state index contributed by atoms with van der Waals surface area (Å²) < 4.78 is 66.0. The predicted molar refractivity (Wildman–Crippen MR) is 268 cm³/mol. The lowest BCUT2D eigenvalue weighted by atomic mass is 9.44. The van der Waals surface area contributed by atoms with Crippen LogP contribution in [0.2, 0.25) is 10.0 Å². The molecule has 402 valence electrons. The lowest BCUT2D eigenvalue weighted by Crippen LogP contribution is -2.71. The zero-order chi connectivity index (χ0) is 53.8. The minimum atomic E-state index is -2.25. The van der Waals surface area contributed by atoms with E-state index in [-0.39, 0.29) is 54.4 Å². The number of allylic oxidation sites excluding steroid dienone is 8. The number of carboxylic acids is 1. The van der Waals surface area contributed by atoms with Crippen molar-refractivity contribution >= 4 is 46.6 Å². The van der Waals surface area contributed by atoms with E-state index in [2.05, 4.69) is 5.32 Å². The van der Waals surface area contributed by atoms with Crippen LogP contribution in [0.3, 0.4) is 0 Å². The van der Waals surface area contributed by atoms with E-state index in [4.69, 9.17) is 32.9 Å². The van der Waals surface area contributed by atoms with Crippen LogP contribution in [-0.4, -0.2) is 116 Å². The van der Waals surface area contributed by atoms with Gasteiger partial charge in [0.25, 0.3) is 5.91 Å². The van der Waals surface area contributed by atoms with Crippen LogP contribution in [0.25, 0.3) is 0 Å². The zero-order valence-corrected chi connectivity index (χ0v) is 43.9. The van der Waals surface area contributed by atoms with Gasteiger partial charge in [-0.05, 0) is 135 Å². The van der Waals surface area contributed by atoms with Crippen LogP contribution in [-0.2, 0) is 41.9 Å². The molecule has 12 rings (SSSR count). The Morgan fingerprint density at radius 3 is 1.44 bits per heavy atom. The van der Waals surface area contributed by atoms with Crippen LogP contribution >= 0.6 is 23.2 Å². The Balaban J connectivity index is 0.000000161. The van der Waals surface area contributed by atoms with Crippen molar-refractivity contribution in [3.05, 3.63) is 117 Å². The van der Waals surface area contributed by atoms with Crippen LogP contribution in [0, 0.1) is 57.2 Å². The summed E-state index contributed by atoms with van der Waals surface area (Å²) in [5, 5.41) is 41.0. The maximum Gasteiger partial charge on any atom is 0.339 e. The number of hydrogen-bond acceptors (Lipinski definition) is 10. The first-order valence-corrected chi connectivity index (χ1v) is 26.8.